The molecule has 0 atom stereocenters. The van der Waals surface area contributed by atoms with Gasteiger partial charge in [0.1, 0.15) is 29.8 Å². The van der Waals surface area contributed by atoms with Crippen molar-refractivity contribution in [3.63, 3.8) is 0 Å². The van der Waals surface area contributed by atoms with Crippen molar-refractivity contribution in [3.8, 4) is 11.5 Å². The number of hydrogen-bond acceptors (Lipinski definition) is 2. The first kappa shape index (κ1) is 17.9. The molecule has 23 heavy (non-hydrogen) atoms. The molecule has 2 aromatic rings. The smallest absolute Gasteiger partial charge is 0.159 e. The quantitative estimate of drug-likeness (QED) is 0.491. The molecular formula is C18H19Cl2FO2. The van der Waals surface area contributed by atoms with Crippen molar-refractivity contribution in [1.82, 2.24) is 0 Å². The van der Waals surface area contributed by atoms with Crippen molar-refractivity contribution >= 4 is 23.2 Å². The topological polar surface area (TPSA) is 18.5 Å². The zero-order valence-corrected chi connectivity index (χ0v) is 14.8. The summed E-state index contributed by atoms with van der Waals surface area (Å²) >= 11 is 11.8. The Morgan fingerprint density at radius 3 is 2.13 bits per heavy atom. The van der Waals surface area contributed by atoms with Gasteiger partial charge in [-0.25, -0.2) is 4.39 Å². The lowest BCUT2D eigenvalue weighted by Crippen LogP contribution is -2.12. The van der Waals surface area contributed by atoms with E-state index in [4.69, 9.17) is 32.7 Å². The van der Waals surface area contributed by atoms with Crippen LogP contribution in [0.3, 0.4) is 0 Å². The monoisotopic (exact) mass is 356 g/mol. The molecule has 0 aliphatic carbocycles. The molecule has 0 unspecified atom stereocenters. The minimum Gasteiger partial charge on any atom is -0.490 e. The average Bonchev–Trinajstić information content (AvgIpc) is 2.50. The van der Waals surface area contributed by atoms with Gasteiger partial charge < -0.3 is 9.47 Å². The van der Waals surface area contributed by atoms with E-state index in [1.807, 2.05) is 24.3 Å². The third kappa shape index (κ3) is 4.76. The summed E-state index contributed by atoms with van der Waals surface area (Å²) in [6, 6.07) is 10.5. The first-order valence-corrected chi connectivity index (χ1v) is 8.04. The summed E-state index contributed by atoms with van der Waals surface area (Å²) in [7, 11) is 0. The molecule has 0 amide bonds. The van der Waals surface area contributed by atoms with Gasteiger partial charge in [-0.1, -0.05) is 56.1 Å². The summed E-state index contributed by atoms with van der Waals surface area (Å²) in [5.74, 6) is 0.322. The summed E-state index contributed by atoms with van der Waals surface area (Å²) in [5.41, 5.74) is 1.34. The van der Waals surface area contributed by atoms with Gasteiger partial charge >= 0.3 is 0 Å². The van der Waals surface area contributed by atoms with Gasteiger partial charge in [-0.05, 0) is 35.2 Å². The number of rotatable bonds is 5. The van der Waals surface area contributed by atoms with Crippen LogP contribution in [0.25, 0.3) is 0 Å². The molecule has 0 fully saturated rings. The van der Waals surface area contributed by atoms with Gasteiger partial charge in [0.2, 0.25) is 0 Å². The van der Waals surface area contributed by atoms with E-state index < -0.39 is 5.82 Å². The van der Waals surface area contributed by atoms with E-state index in [1.54, 1.807) is 0 Å². The van der Waals surface area contributed by atoms with Crippen LogP contribution in [-0.4, -0.2) is 13.2 Å². The molecule has 0 saturated heterocycles. The van der Waals surface area contributed by atoms with Crippen molar-refractivity contribution in [3.05, 3.63) is 57.8 Å². The first-order valence-electron chi connectivity index (χ1n) is 7.28. The highest BCUT2D eigenvalue weighted by Crippen LogP contribution is 2.34. The van der Waals surface area contributed by atoms with Crippen LogP contribution in [0.1, 0.15) is 26.3 Å². The molecule has 0 heterocycles. The molecule has 0 spiro atoms. The second kappa shape index (κ2) is 7.41. The number of halogens is 3. The molecule has 0 aromatic heterocycles. The van der Waals surface area contributed by atoms with Gasteiger partial charge in [-0.3, -0.25) is 0 Å². The highest BCUT2D eigenvalue weighted by molar-refractivity contribution is 6.37. The molecule has 2 rings (SSSR count). The minimum atomic E-state index is -0.565. The maximum absolute atomic E-state index is 13.4. The SMILES string of the molecule is CC(C)(C)c1ccc(OCCOc2c(Cl)ccc(F)c2Cl)cc1. The van der Waals surface area contributed by atoms with Crippen molar-refractivity contribution in [2.45, 2.75) is 26.2 Å². The van der Waals surface area contributed by atoms with Crippen LogP contribution in [0.4, 0.5) is 4.39 Å². The van der Waals surface area contributed by atoms with Crippen LogP contribution in [-0.2, 0) is 5.41 Å². The van der Waals surface area contributed by atoms with Gasteiger partial charge in [0, 0.05) is 0 Å². The van der Waals surface area contributed by atoms with Crippen LogP contribution in [0.5, 0.6) is 11.5 Å². The third-order valence-corrected chi connectivity index (χ3v) is 3.97. The van der Waals surface area contributed by atoms with Crippen molar-refractivity contribution < 1.29 is 13.9 Å². The summed E-state index contributed by atoms with van der Waals surface area (Å²) < 4.78 is 24.4. The maximum atomic E-state index is 13.4. The van der Waals surface area contributed by atoms with Crippen LogP contribution in [0.15, 0.2) is 36.4 Å². The zero-order chi connectivity index (χ0) is 17.0. The van der Waals surface area contributed by atoms with E-state index in [-0.39, 0.29) is 27.8 Å². The standard InChI is InChI=1S/C18H19Cl2FO2/c1-18(2,3)12-4-6-13(7-5-12)22-10-11-23-17-14(19)8-9-15(21)16(17)20/h4-9H,10-11H2,1-3H3. The Morgan fingerprint density at radius 1 is 0.913 bits per heavy atom. The Morgan fingerprint density at radius 2 is 1.52 bits per heavy atom. The highest BCUT2D eigenvalue weighted by atomic mass is 35.5. The second-order valence-corrected chi connectivity index (χ2v) is 6.93. The van der Waals surface area contributed by atoms with E-state index in [2.05, 4.69) is 20.8 Å². The number of benzene rings is 2. The van der Waals surface area contributed by atoms with Gasteiger partial charge in [0.25, 0.3) is 0 Å². The summed E-state index contributed by atoms with van der Waals surface area (Å²) in [6.07, 6.45) is 0. The second-order valence-electron chi connectivity index (χ2n) is 6.14. The Balaban J connectivity index is 1.88. The van der Waals surface area contributed by atoms with Crippen molar-refractivity contribution in [2.75, 3.05) is 13.2 Å². The van der Waals surface area contributed by atoms with E-state index >= 15 is 0 Å². The molecule has 0 bridgehead atoms. The average molecular weight is 357 g/mol. The molecule has 2 nitrogen and oxygen atoms in total. The third-order valence-electron chi connectivity index (χ3n) is 3.32. The van der Waals surface area contributed by atoms with E-state index in [0.29, 0.717) is 6.61 Å². The number of hydrogen-bond donors (Lipinski definition) is 0. The van der Waals surface area contributed by atoms with E-state index in [9.17, 15) is 4.39 Å². The Hall–Kier alpha value is -1.45. The fourth-order valence-corrected chi connectivity index (χ4v) is 2.47. The molecule has 5 heteroatoms. The maximum Gasteiger partial charge on any atom is 0.159 e. The Kier molecular flexibility index (Phi) is 5.77. The van der Waals surface area contributed by atoms with Crippen LogP contribution >= 0.6 is 23.2 Å². The lowest BCUT2D eigenvalue weighted by Gasteiger charge is -2.19. The zero-order valence-electron chi connectivity index (χ0n) is 13.3. The lowest BCUT2D eigenvalue weighted by molar-refractivity contribution is 0.217. The molecule has 0 N–H and O–H groups in total. The molecule has 0 saturated carbocycles. The molecule has 0 aliphatic rings. The summed E-state index contributed by atoms with van der Waals surface area (Å²) in [4.78, 5) is 0. The highest BCUT2D eigenvalue weighted by Gasteiger charge is 2.13. The minimum absolute atomic E-state index is 0.104. The van der Waals surface area contributed by atoms with E-state index in [0.717, 1.165) is 5.75 Å². The predicted molar refractivity (Wildman–Crippen MR) is 92.6 cm³/mol. The molecule has 124 valence electrons. The summed E-state index contributed by atoms with van der Waals surface area (Å²) in [6.45, 7) is 6.98. The van der Waals surface area contributed by atoms with Crippen LogP contribution in [0, 0.1) is 5.82 Å². The van der Waals surface area contributed by atoms with Crippen LogP contribution < -0.4 is 9.47 Å². The van der Waals surface area contributed by atoms with Gasteiger partial charge in [-0.2, -0.15) is 0 Å². The van der Waals surface area contributed by atoms with Gasteiger partial charge in [-0.15, -0.1) is 0 Å². The fraction of sp³-hybridized carbons (Fsp3) is 0.333. The molecular weight excluding hydrogens is 338 g/mol. The van der Waals surface area contributed by atoms with Gasteiger partial charge in [0.05, 0.1) is 5.02 Å². The Bertz CT molecular complexity index is 664. The fourth-order valence-electron chi connectivity index (χ4n) is 2.00. The van der Waals surface area contributed by atoms with Gasteiger partial charge in [0.15, 0.2) is 5.75 Å². The molecule has 2 aromatic carbocycles. The first-order chi connectivity index (χ1) is 10.8. The van der Waals surface area contributed by atoms with Crippen molar-refractivity contribution in [2.24, 2.45) is 0 Å². The van der Waals surface area contributed by atoms with Crippen molar-refractivity contribution in [1.29, 1.82) is 0 Å². The van der Waals surface area contributed by atoms with Crippen LogP contribution in [0.2, 0.25) is 10.0 Å². The normalized spacial score (nSPS) is 11.4. The van der Waals surface area contributed by atoms with E-state index in [1.165, 1.54) is 17.7 Å². The number of ether oxygens (including phenoxy) is 2. The largest absolute Gasteiger partial charge is 0.490 e. The predicted octanol–water partition coefficient (Wildman–Crippen LogP) is 5.89. The molecule has 0 aliphatic heterocycles. The molecule has 0 radical (unpaired) electrons. The lowest BCUT2D eigenvalue weighted by atomic mass is 9.87. The summed E-state index contributed by atoms with van der Waals surface area (Å²) in [5, 5.41) is 0.151. The Labute approximate surface area is 146 Å².